The van der Waals surface area contributed by atoms with Crippen molar-refractivity contribution in [3.8, 4) is 0 Å². The van der Waals surface area contributed by atoms with E-state index in [1.54, 1.807) is 32.0 Å². The van der Waals surface area contributed by atoms with Gasteiger partial charge in [0.1, 0.15) is 0 Å². The Bertz CT molecular complexity index is 625. The standard InChI is InChI=1S/C12H17N3O3S/c1-8(2)12(16)13-9-5-6-10-11(7-9)15(4)19(17,18)14(10)3/h5-8H,1-4H3,(H,13,16). The number of anilines is 3. The molecule has 0 fully saturated rings. The first-order valence-electron chi connectivity index (χ1n) is 5.93. The van der Waals surface area contributed by atoms with Gasteiger partial charge in [-0.3, -0.25) is 13.4 Å². The van der Waals surface area contributed by atoms with Crippen molar-refractivity contribution in [2.75, 3.05) is 28.0 Å². The zero-order valence-corrected chi connectivity index (χ0v) is 12.2. The first-order chi connectivity index (χ1) is 8.75. The van der Waals surface area contributed by atoms with Gasteiger partial charge in [-0.2, -0.15) is 8.42 Å². The molecule has 0 saturated carbocycles. The van der Waals surface area contributed by atoms with Crippen molar-refractivity contribution in [3.63, 3.8) is 0 Å². The van der Waals surface area contributed by atoms with Gasteiger partial charge in [0.05, 0.1) is 11.4 Å². The van der Waals surface area contributed by atoms with E-state index in [0.717, 1.165) is 0 Å². The van der Waals surface area contributed by atoms with Gasteiger partial charge in [-0.15, -0.1) is 0 Å². The highest BCUT2D eigenvalue weighted by molar-refractivity contribution is 7.94. The van der Waals surface area contributed by atoms with Crippen LogP contribution in [0.5, 0.6) is 0 Å². The Hall–Kier alpha value is -1.76. The van der Waals surface area contributed by atoms with Crippen LogP contribution in [0.3, 0.4) is 0 Å². The number of carbonyl (C=O) groups is 1. The van der Waals surface area contributed by atoms with Crippen LogP contribution in [0, 0.1) is 5.92 Å². The summed E-state index contributed by atoms with van der Waals surface area (Å²) in [5.74, 6) is -0.228. The minimum absolute atomic E-state index is 0.100. The largest absolute Gasteiger partial charge is 0.326 e. The Morgan fingerprint density at radius 3 is 2.32 bits per heavy atom. The molecule has 1 aromatic carbocycles. The van der Waals surface area contributed by atoms with E-state index in [4.69, 9.17) is 0 Å². The summed E-state index contributed by atoms with van der Waals surface area (Å²) >= 11 is 0. The number of carbonyl (C=O) groups excluding carboxylic acids is 1. The van der Waals surface area contributed by atoms with Gasteiger partial charge < -0.3 is 5.32 Å². The highest BCUT2D eigenvalue weighted by Crippen LogP contribution is 2.40. The Morgan fingerprint density at radius 2 is 1.74 bits per heavy atom. The van der Waals surface area contributed by atoms with Gasteiger partial charge in [-0.05, 0) is 18.2 Å². The molecule has 0 radical (unpaired) electrons. The van der Waals surface area contributed by atoms with E-state index in [1.807, 2.05) is 0 Å². The van der Waals surface area contributed by atoms with Crippen LogP contribution < -0.4 is 13.9 Å². The smallest absolute Gasteiger partial charge is 0.326 e. The Balaban J connectivity index is 2.37. The lowest BCUT2D eigenvalue weighted by Crippen LogP contribution is -2.32. The van der Waals surface area contributed by atoms with Crippen LogP contribution in [-0.4, -0.2) is 28.4 Å². The van der Waals surface area contributed by atoms with Crippen LogP contribution in [0.1, 0.15) is 13.8 Å². The monoisotopic (exact) mass is 283 g/mol. The lowest BCUT2D eigenvalue weighted by atomic mass is 10.2. The maximum absolute atomic E-state index is 12.0. The molecule has 0 unspecified atom stereocenters. The fourth-order valence-electron chi connectivity index (χ4n) is 1.84. The molecular formula is C12H17N3O3S. The van der Waals surface area contributed by atoms with Gasteiger partial charge >= 0.3 is 10.2 Å². The van der Waals surface area contributed by atoms with Gasteiger partial charge in [-0.25, -0.2) is 0 Å². The van der Waals surface area contributed by atoms with Gasteiger partial charge in [0.2, 0.25) is 5.91 Å². The molecular weight excluding hydrogens is 266 g/mol. The quantitative estimate of drug-likeness (QED) is 0.892. The molecule has 1 aliphatic heterocycles. The second-order valence-electron chi connectivity index (χ2n) is 4.79. The fourth-order valence-corrected chi connectivity index (χ4v) is 3.00. The minimum atomic E-state index is -3.47. The third kappa shape index (κ3) is 2.14. The molecule has 0 spiro atoms. The maximum Gasteiger partial charge on any atom is 0.326 e. The zero-order valence-electron chi connectivity index (χ0n) is 11.3. The molecule has 1 N–H and O–H groups in total. The van der Waals surface area contributed by atoms with Gasteiger partial charge in [0.25, 0.3) is 0 Å². The Morgan fingerprint density at radius 1 is 1.16 bits per heavy atom. The van der Waals surface area contributed by atoms with E-state index in [2.05, 4.69) is 5.32 Å². The van der Waals surface area contributed by atoms with Crippen molar-refractivity contribution in [3.05, 3.63) is 18.2 Å². The van der Waals surface area contributed by atoms with Crippen LogP contribution in [0.25, 0.3) is 0 Å². The molecule has 2 rings (SSSR count). The Kier molecular flexibility index (Phi) is 3.17. The first-order valence-corrected chi connectivity index (χ1v) is 7.32. The van der Waals surface area contributed by atoms with Crippen molar-refractivity contribution in [1.29, 1.82) is 0 Å². The van der Waals surface area contributed by atoms with Crippen LogP contribution in [0.15, 0.2) is 18.2 Å². The summed E-state index contributed by atoms with van der Waals surface area (Å²) in [6, 6.07) is 5.05. The van der Waals surface area contributed by atoms with Crippen LogP contribution in [0.2, 0.25) is 0 Å². The van der Waals surface area contributed by atoms with Crippen molar-refractivity contribution in [2.45, 2.75) is 13.8 Å². The second-order valence-corrected chi connectivity index (χ2v) is 6.78. The van der Waals surface area contributed by atoms with E-state index in [9.17, 15) is 13.2 Å². The summed E-state index contributed by atoms with van der Waals surface area (Å²) < 4.78 is 26.3. The summed E-state index contributed by atoms with van der Waals surface area (Å²) in [5, 5.41) is 2.75. The molecule has 0 atom stereocenters. The average Bonchev–Trinajstić information content (AvgIpc) is 2.51. The number of nitrogens with zero attached hydrogens (tertiary/aromatic N) is 2. The van der Waals surface area contributed by atoms with E-state index in [0.29, 0.717) is 17.1 Å². The van der Waals surface area contributed by atoms with Gasteiger partial charge in [-0.1, -0.05) is 13.8 Å². The molecule has 1 aliphatic rings. The molecule has 19 heavy (non-hydrogen) atoms. The predicted molar refractivity (Wildman–Crippen MR) is 75.6 cm³/mol. The summed E-state index contributed by atoms with van der Waals surface area (Å²) in [6.07, 6.45) is 0. The first kappa shape index (κ1) is 13.7. The van der Waals surface area contributed by atoms with Crippen LogP contribution in [0.4, 0.5) is 17.1 Å². The van der Waals surface area contributed by atoms with Crippen LogP contribution in [-0.2, 0) is 15.0 Å². The molecule has 0 aliphatic carbocycles. The summed E-state index contributed by atoms with van der Waals surface area (Å²) in [4.78, 5) is 11.6. The van der Waals surface area contributed by atoms with E-state index in [-0.39, 0.29) is 11.8 Å². The fraction of sp³-hybridized carbons (Fsp3) is 0.417. The third-order valence-corrected chi connectivity index (χ3v) is 4.92. The van der Waals surface area contributed by atoms with Crippen molar-refractivity contribution in [2.24, 2.45) is 5.92 Å². The van der Waals surface area contributed by atoms with E-state index >= 15 is 0 Å². The van der Waals surface area contributed by atoms with Gasteiger partial charge in [0, 0.05) is 25.7 Å². The highest BCUT2D eigenvalue weighted by atomic mass is 32.2. The number of benzene rings is 1. The summed E-state index contributed by atoms with van der Waals surface area (Å²) in [6.45, 7) is 3.60. The SMILES string of the molecule is CC(C)C(=O)Nc1ccc2c(c1)N(C)S(=O)(=O)N2C. The van der Waals surface area contributed by atoms with E-state index < -0.39 is 10.2 Å². The molecule has 7 heteroatoms. The molecule has 0 aromatic heterocycles. The van der Waals surface area contributed by atoms with Crippen molar-refractivity contribution >= 4 is 33.2 Å². The lowest BCUT2D eigenvalue weighted by Gasteiger charge is -2.13. The molecule has 104 valence electrons. The predicted octanol–water partition coefficient (Wildman–Crippen LogP) is 1.41. The maximum atomic E-state index is 12.0. The van der Waals surface area contributed by atoms with E-state index in [1.165, 1.54) is 22.7 Å². The molecule has 1 heterocycles. The zero-order chi connectivity index (χ0) is 14.4. The lowest BCUT2D eigenvalue weighted by molar-refractivity contribution is -0.118. The van der Waals surface area contributed by atoms with Crippen molar-refractivity contribution < 1.29 is 13.2 Å². The number of hydrogen-bond donors (Lipinski definition) is 1. The topological polar surface area (TPSA) is 69.7 Å². The number of rotatable bonds is 2. The van der Waals surface area contributed by atoms with Crippen LogP contribution >= 0.6 is 0 Å². The molecule has 6 nitrogen and oxygen atoms in total. The average molecular weight is 283 g/mol. The highest BCUT2D eigenvalue weighted by Gasteiger charge is 2.35. The molecule has 1 amide bonds. The number of amides is 1. The minimum Gasteiger partial charge on any atom is -0.326 e. The normalized spacial score (nSPS) is 16.7. The van der Waals surface area contributed by atoms with Crippen molar-refractivity contribution in [1.82, 2.24) is 0 Å². The number of hydrogen-bond acceptors (Lipinski definition) is 3. The van der Waals surface area contributed by atoms with Gasteiger partial charge in [0.15, 0.2) is 0 Å². The summed E-state index contributed by atoms with van der Waals surface area (Å²) in [5.41, 5.74) is 1.75. The Labute approximate surface area is 113 Å². The molecule has 1 aromatic rings. The number of nitrogens with one attached hydrogen (secondary N) is 1. The molecule has 0 saturated heterocycles. The molecule has 0 bridgehead atoms. The number of fused-ring (bicyclic) bond motifs is 1. The second kappa shape index (κ2) is 4.41. The third-order valence-electron chi connectivity index (χ3n) is 3.14. The summed E-state index contributed by atoms with van der Waals surface area (Å²) in [7, 11) is -0.475.